The summed E-state index contributed by atoms with van der Waals surface area (Å²) in [6.07, 6.45) is -3.36. The molecule has 0 saturated carbocycles. The predicted molar refractivity (Wildman–Crippen MR) is 49.8 cm³/mol. The van der Waals surface area contributed by atoms with E-state index < -0.39 is 12.6 Å². The molecule has 0 amide bonds. The second-order valence-corrected chi connectivity index (χ2v) is 3.24. The molecule has 0 spiro atoms. The summed E-state index contributed by atoms with van der Waals surface area (Å²) in [5.41, 5.74) is 0.984. The van der Waals surface area contributed by atoms with Crippen LogP contribution < -0.4 is 4.74 Å². The number of pyridine rings is 1. The number of hydrogen-bond acceptors (Lipinski definition) is 2. The second-order valence-electron chi connectivity index (χ2n) is 3.24. The van der Waals surface area contributed by atoms with Crippen LogP contribution in [0.1, 0.15) is 18.4 Å². The minimum Gasteiger partial charge on any atom is -0.478 e. The Morgan fingerprint density at radius 3 is 2.60 bits per heavy atom. The lowest BCUT2D eigenvalue weighted by molar-refractivity contribution is -0.136. The highest BCUT2D eigenvalue weighted by Gasteiger charge is 2.26. The molecule has 0 aliphatic carbocycles. The van der Waals surface area contributed by atoms with E-state index >= 15 is 0 Å². The maximum absolute atomic E-state index is 11.8. The highest BCUT2D eigenvalue weighted by molar-refractivity contribution is 5.16. The zero-order chi connectivity index (χ0) is 11.3. The van der Waals surface area contributed by atoms with E-state index in [4.69, 9.17) is 4.74 Å². The molecule has 84 valence electrons. The molecule has 1 aromatic heterocycles. The topological polar surface area (TPSA) is 22.1 Å². The third-order valence-electron chi connectivity index (χ3n) is 1.74. The summed E-state index contributed by atoms with van der Waals surface area (Å²) in [7, 11) is 0. The molecule has 2 nitrogen and oxygen atoms in total. The number of hydrogen-bond donors (Lipinski definition) is 0. The first-order valence-corrected chi connectivity index (χ1v) is 4.59. The van der Waals surface area contributed by atoms with Gasteiger partial charge in [0.25, 0.3) is 0 Å². The molecule has 0 radical (unpaired) electrons. The van der Waals surface area contributed by atoms with Crippen molar-refractivity contribution in [3.05, 3.63) is 23.9 Å². The molecule has 0 saturated heterocycles. The summed E-state index contributed by atoms with van der Waals surface area (Å²) in [5, 5.41) is 0. The zero-order valence-corrected chi connectivity index (χ0v) is 8.34. The molecule has 15 heavy (non-hydrogen) atoms. The van der Waals surface area contributed by atoms with Crippen molar-refractivity contribution >= 4 is 0 Å². The maximum Gasteiger partial charge on any atom is 0.389 e. The summed E-state index contributed by atoms with van der Waals surface area (Å²) < 4.78 is 40.3. The van der Waals surface area contributed by atoms with E-state index in [9.17, 15) is 13.2 Å². The molecule has 0 atom stereocenters. The van der Waals surface area contributed by atoms with E-state index in [1.165, 1.54) is 0 Å². The predicted octanol–water partition coefficient (Wildman–Crippen LogP) is 3.11. The molecule has 5 heteroatoms. The molecule has 0 N–H and O–H groups in total. The van der Waals surface area contributed by atoms with Crippen LogP contribution in [-0.2, 0) is 0 Å². The fraction of sp³-hybridized carbons (Fsp3) is 0.500. The van der Waals surface area contributed by atoms with Crippen LogP contribution >= 0.6 is 0 Å². The van der Waals surface area contributed by atoms with E-state index in [2.05, 4.69) is 4.98 Å². The van der Waals surface area contributed by atoms with Gasteiger partial charge in [-0.1, -0.05) is 6.07 Å². The molecular formula is C10H12F3NO. The first-order valence-electron chi connectivity index (χ1n) is 4.59. The molecular weight excluding hydrogens is 207 g/mol. The molecule has 1 aromatic rings. The van der Waals surface area contributed by atoms with Gasteiger partial charge in [0, 0.05) is 18.7 Å². The van der Waals surface area contributed by atoms with Gasteiger partial charge in [-0.15, -0.1) is 0 Å². The Balaban J connectivity index is 2.23. The van der Waals surface area contributed by atoms with Crippen LogP contribution in [0.3, 0.4) is 0 Å². The summed E-state index contributed by atoms with van der Waals surface area (Å²) in [6, 6.07) is 3.44. The molecule has 0 fully saturated rings. The monoisotopic (exact) mass is 219 g/mol. The van der Waals surface area contributed by atoms with Crippen molar-refractivity contribution in [2.75, 3.05) is 6.61 Å². The lowest BCUT2D eigenvalue weighted by Crippen LogP contribution is -2.10. The van der Waals surface area contributed by atoms with Crippen molar-refractivity contribution in [1.82, 2.24) is 4.98 Å². The average Bonchev–Trinajstić information content (AvgIpc) is 2.14. The van der Waals surface area contributed by atoms with Crippen molar-refractivity contribution in [3.63, 3.8) is 0 Å². The van der Waals surface area contributed by atoms with Crippen LogP contribution in [-0.4, -0.2) is 17.8 Å². The molecule has 1 rings (SSSR count). The average molecular weight is 219 g/mol. The Morgan fingerprint density at radius 2 is 2.07 bits per heavy atom. The smallest absolute Gasteiger partial charge is 0.389 e. The summed E-state index contributed by atoms with van der Waals surface area (Å²) in [6.45, 7) is 1.91. The Hall–Kier alpha value is -1.26. The Bertz CT molecular complexity index is 295. The van der Waals surface area contributed by atoms with Crippen molar-refractivity contribution in [1.29, 1.82) is 0 Å². The summed E-state index contributed by atoms with van der Waals surface area (Å²) in [5.74, 6) is 0.364. The third-order valence-corrected chi connectivity index (χ3v) is 1.74. The van der Waals surface area contributed by atoms with E-state index in [1.54, 1.807) is 18.3 Å². The third kappa shape index (κ3) is 5.24. The number of alkyl halides is 3. The van der Waals surface area contributed by atoms with Crippen LogP contribution in [0.2, 0.25) is 0 Å². The van der Waals surface area contributed by atoms with Gasteiger partial charge in [0.1, 0.15) is 0 Å². The first kappa shape index (κ1) is 11.8. The number of aryl methyl sites for hydroxylation is 1. The van der Waals surface area contributed by atoms with E-state index in [-0.39, 0.29) is 13.0 Å². The fourth-order valence-corrected chi connectivity index (χ4v) is 0.989. The van der Waals surface area contributed by atoms with Crippen molar-refractivity contribution in [2.24, 2.45) is 0 Å². The van der Waals surface area contributed by atoms with Crippen molar-refractivity contribution < 1.29 is 17.9 Å². The normalized spacial score (nSPS) is 11.5. The lowest BCUT2D eigenvalue weighted by atomic mass is 10.3. The molecule has 0 aromatic carbocycles. The molecule has 0 aliphatic rings. The number of rotatable bonds is 4. The highest BCUT2D eigenvalue weighted by atomic mass is 19.4. The molecule has 0 unspecified atom stereocenters. The Kier molecular flexibility index (Phi) is 3.94. The first-order chi connectivity index (χ1) is 6.97. The van der Waals surface area contributed by atoms with Gasteiger partial charge in [-0.05, 0) is 18.9 Å². The number of halogens is 3. The van der Waals surface area contributed by atoms with Gasteiger partial charge >= 0.3 is 6.18 Å². The van der Waals surface area contributed by atoms with E-state index in [0.717, 1.165) is 5.56 Å². The van der Waals surface area contributed by atoms with Gasteiger partial charge in [-0.2, -0.15) is 13.2 Å². The van der Waals surface area contributed by atoms with Crippen LogP contribution in [0.5, 0.6) is 5.88 Å². The molecule has 0 aliphatic heterocycles. The maximum atomic E-state index is 11.8. The fourth-order valence-electron chi connectivity index (χ4n) is 0.989. The van der Waals surface area contributed by atoms with Crippen molar-refractivity contribution in [2.45, 2.75) is 25.9 Å². The highest BCUT2D eigenvalue weighted by Crippen LogP contribution is 2.21. The van der Waals surface area contributed by atoms with Gasteiger partial charge in [0.15, 0.2) is 0 Å². The molecule has 0 bridgehead atoms. The molecule has 1 heterocycles. The van der Waals surface area contributed by atoms with Crippen molar-refractivity contribution in [3.8, 4) is 5.88 Å². The van der Waals surface area contributed by atoms with E-state index in [1.807, 2.05) is 6.92 Å². The summed E-state index contributed by atoms with van der Waals surface area (Å²) >= 11 is 0. The number of nitrogens with zero attached hydrogens (tertiary/aromatic N) is 1. The van der Waals surface area contributed by atoms with Crippen LogP contribution in [0.25, 0.3) is 0 Å². The van der Waals surface area contributed by atoms with Gasteiger partial charge < -0.3 is 4.74 Å². The van der Waals surface area contributed by atoms with Gasteiger partial charge in [-0.25, -0.2) is 4.98 Å². The minimum absolute atomic E-state index is 0.0373. The van der Waals surface area contributed by atoms with E-state index in [0.29, 0.717) is 5.88 Å². The Morgan fingerprint density at radius 1 is 1.33 bits per heavy atom. The number of ether oxygens (including phenoxy) is 1. The largest absolute Gasteiger partial charge is 0.478 e. The van der Waals surface area contributed by atoms with Crippen LogP contribution in [0.4, 0.5) is 13.2 Å². The van der Waals surface area contributed by atoms with Crippen LogP contribution in [0, 0.1) is 6.92 Å². The minimum atomic E-state index is -4.11. The second kappa shape index (κ2) is 5.00. The van der Waals surface area contributed by atoms with Gasteiger partial charge in [0.05, 0.1) is 6.61 Å². The van der Waals surface area contributed by atoms with Crippen LogP contribution in [0.15, 0.2) is 18.3 Å². The van der Waals surface area contributed by atoms with Gasteiger partial charge in [-0.3, -0.25) is 0 Å². The quantitative estimate of drug-likeness (QED) is 0.726. The zero-order valence-electron chi connectivity index (χ0n) is 8.34. The summed E-state index contributed by atoms with van der Waals surface area (Å²) in [4.78, 5) is 3.91. The standard InChI is InChI=1S/C10H12F3NO/c1-8-3-4-9(14-7-8)15-6-2-5-10(11,12)13/h3-4,7H,2,5-6H2,1H3. The SMILES string of the molecule is Cc1ccc(OCCCC(F)(F)F)nc1. The number of aromatic nitrogens is 1. The lowest BCUT2D eigenvalue weighted by Gasteiger charge is -2.07. The van der Waals surface area contributed by atoms with Gasteiger partial charge in [0.2, 0.25) is 5.88 Å². The Labute approximate surface area is 86.1 Å².